The maximum atomic E-state index is 4.95. The van der Waals surface area contributed by atoms with Crippen molar-refractivity contribution >= 4 is 40.2 Å². The summed E-state index contributed by atoms with van der Waals surface area (Å²) in [5.41, 5.74) is 6.99. The van der Waals surface area contributed by atoms with Gasteiger partial charge in [0.05, 0.1) is 12.4 Å². The van der Waals surface area contributed by atoms with Crippen molar-refractivity contribution in [3.05, 3.63) is 59.9 Å². The molecule has 7 rings (SSSR count). The summed E-state index contributed by atoms with van der Waals surface area (Å²) in [5.74, 6) is 2.62. The fourth-order valence-corrected chi connectivity index (χ4v) is 9.10. The van der Waals surface area contributed by atoms with Gasteiger partial charge in [0.15, 0.2) is 5.52 Å². The average molecular weight is 424 g/mol. The topological polar surface area (TPSA) is 16.8 Å². The second kappa shape index (κ2) is 6.36. The third kappa shape index (κ3) is 2.43. The van der Waals surface area contributed by atoms with Crippen LogP contribution in [0.5, 0.6) is 0 Å². The number of fused-ring (bicyclic) bond motifs is 5. The second-order valence-corrected chi connectivity index (χ2v) is 12.2. The molecule has 2 bridgehead atoms. The lowest BCUT2D eigenvalue weighted by Crippen LogP contribution is -2.37. The van der Waals surface area contributed by atoms with E-state index in [4.69, 9.17) is 4.98 Å². The summed E-state index contributed by atoms with van der Waals surface area (Å²) in [6.07, 6.45) is 7.77. The molecule has 31 heavy (non-hydrogen) atoms. The van der Waals surface area contributed by atoms with E-state index in [0.717, 1.165) is 17.8 Å². The summed E-state index contributed by atoms with van der Waals surface area (Å²) in [5, 5.41) is 7.22. The number of nitrogens with zero attached hydrogens (tertiary/aromatic N) is 2. The Kier molecular flexibility index (Phi) is 3.75. The summed E-state index contributed by atoms with van der Waals surface area (Å²) in [6, 6.07) is 16.4. The minimum atomic E-state index is -0.406. The minimum Gasteiger partial charge on any atom is -0.232 e. The molecule has 0 spiro atoms. The standard InChI is InChI=1S/C28H28N2P/c1-16-21-7-5-4-6-18(21)13-24-26(16)28-27-23(29-15-30(28)2)12-20(14-25(27)31(24)3)22-11-17-8-9-19(22)10-17/h4-7,12-15,17,19,22H,8-11H2,1-3H3/q+1. The van der Waals surface area contributed by atoms with E-state index in [1.54, 1.807) is 10.9 Å². The van der Waals surface area contributed by atoms with Crippen LogP contribution < -0.4 is 15.2 Å². The summed E-state index contributed by atoms with van der Waals surface area (Å²) >= 11 is 0. The Bertz CT molecular complexity index is 1410. The van der Waals surface area contributed by atoms with Gasteiger partial charge in [0.1, 0.15) is 5.69 Å². The Balaban J connectivity index is 1.54. The molecule has 2 saturated carbocycles. The SMILES string of the molecule is Cc1c2c(cc3ccccc13)P(C)c1cc(C3CC4CCC3C4)cc3nc[n+](C)c-2c13. The number of hydrogen-bond donors (Lipinski definition) is 0. The number of hydrogen-bond acceptors (Lipinski definition) is 1. The van der Waals surface area contributed by atoms with Crippen LogP contribution in [0.1, 0.15) is 42.7 Å². The van der Waals surface area contributed by atoms with E-state index < -0.39 is 7.92 Å². The highest BCUT2D eigenvalue weighted by Crippen LogP contribution is 2.54. The van der Waals surface area contributed by atoms with Gasteiger partial charge in [-0.1, -0.05) is 30.7 Å². The molecule has 2 heterocycles. The number of aryl methyl sites for hydroxylation is 2. The van der Waals surface area contributed by atoms with Crippen molar-refractivity contribution in [2.75, 3.05) is 6.66 Å². The summed E-state index contributed by atoms with van der Waals surface area (Å²) in [7, 11) is 1.76. The first-order valence-corrected chi connectivity index (χ1v) is 13.5. The van der Waals surface area contributed by atoms with Gasteiger partial charge in [-0.05, 0) is 114 Å². The molecule has 4 unspecified atom stereocenters. The van der Waals surface area contributed by atoms with Crippen LogP contribution in [0, 0.1) is 18.8 Å². The van der Waals surface area contributed by atoms with Gasteiger partial charge in [-0.25, -0.2) is 4.57 Å². The molecule has 1 aromatic heterocycles. The zero-order valence-electron chi connectivity index (χ0n) is 18.5. The van der Waals surface area contributed by atoms with Crippen molar-refractivity contribution in [1.29, 1.82) is 0 Å². The van der Waals surface area contributed by atoms with Crippen molar-refractivity contribution in [1.82, 2.24) is 4.98 Å². The third-order valence-corrected chi connectivity index (χ3v) is 10.6. The van der Waals surface area contributed by atoms with Crippen molar-refractivity contribution in [2.24, 2.45) is 18.9 Å². The molecule has 2 nitrogen and oxygen atoms in total. The van der Waals surface area contributed by atoms with E-state index >= 15 is 0 Å². The lowest BCUT2D eigenvalue weighted by atomic mass is 9.83. The molecule has 3 aliphatic rings. The van der Waals surface area contributed by atoms with Crippen molar-refractivity contribution in [2.45, 2.75) is 38.5 Å². The smallest absolute Gasteiger partial charge is 0.232 e. The molecule has 0 amide bonds. The van der Waals surface area contributed by atoms with E-state index in [1.165, 1.54) is 69.5 Å². The van der Waals surface area contributed by atoms with Gasteiger partial charge < -0.3 is 0 Å². The first-order valence-electron chi connectivity index (χ1n) is 11.7. The molecule has 3 aromatic carbocycles. The third-order valence-electron chi connectivity index (χ3n) is 8.49. The van der Waals surface area contributed by atoms with Crippen molar-refractivity contribution in [3.63, 3.8) is 0 Å². The molecule has 0 N–H and O–H groups in total. The highest BCUT2D eigenvalue weighted by molar-refractivity contribution is 7.73. The fourth-order valence-electron chi connectivity index (χ4n) is 7.00. The van der Waals surface area contributed by atoms with Gasteiger partial charge in [0.2, 0.25) is 0 Å². The predicted molar refractivity (Wildman–Crippen MR) is 131 cm³/mol. The molecular formula is C28H28N2P+. The molecule has 2 aliphatic carbocycles. The predicted octanol–water partition coefficient (Wildman–Crippen LogP) is 5.47. The Hall–Kier alpha value is -2.31. The monoisotopic (exact) mass is 423 g/mol. The van der Waals surface area contributed by atoms with Gasteiger partial charge in [-0.15, -0.1) is 0 Å². The van der Waals surface area contributed by atoms with Crippen LogP contribution in [0.15, 0.2) is 48.8 Å². The van der Waals surface area contributed by atoms with Gasteiger partial charge in [0.25, 0.3) is 6.33 Å². The maximum absolute atomic E-state index is 4.95. The molecule has 3 heteroatoms. The van der Waals surface area contributed by atoms with E-state index in [2.05, 4.69) is 67.7 Å². The molecule has 4 atom stereocenters. The zero-order valence-corrected chi connectivity index (χ0v) is 19.4. The largest absolute Gasteiger partial charge is 0.287 e. The maximum Gasteiger partial charge on any atom is 0.287 e. The zero-order chi connectivity index (χ0) is 20.9. The van der Waals surface area contributed by atoms with Crippen molar-refractivity contribution in [3.8, 4) is 11.3 Å². The minimum absolute atomic E-state index is 0.406. The summed E-state index contributed by atoms with van der Waals surface area (Å²) in [4.78, 5) is 4.95. The molecule has 4 aromatic rings. The van der Waals surface area contributed by atoms with Crippen LogP contribution in [0.4, 0.5) is 0 Å². The Labute approximate surface area is 185 Å². The van der Waals surface area contributed by atoms with E-state index in [1.807, 2.05) is 6.33 Å². The van der Waals surface area contributed by atoms with E-state index in [-0.39, 0.29) is 0 Å². The van der Waals surface area contributed by atoms with E-state index in [9.17, 15) is 0 Å². The fraction of sp³-hybridized carbons (Fsp3) is 0.357. The lowest BCUT2D eigenvalue weighted by molar-refractivity contribution is -0.662. The van der Waals surface area contributed by atoms with Crippen LogP contribution in [-0.2, 0) is 7.05 Å². The van der Waals surface area contributed by atoms with E-state index in [0.29, 0.717) is 0 Å². The second-order valence-electron chi connectivity index (χ2n) is 10.1. The summed E-state index contributed by atoms with van der Waals surface area (Å²) in [6.45, 7) is 4.78. The van der Waals surface area contributed by atoms with Crippen LogP contribution in [0.25, 0.3) is 32.9 Å². The number of benzene rings is 3. The van der Waals surface area contributed by atoms with Crippen LogP contribution in [0.3, 0.4) is 0 Å². The Morgan fingerprint density at radius 1 is 1.03 bits per heavy atom. The van der Waals surface area contributed by atoms with Gasteiger partial charge in [-0.2, -0.15) is 0 Å². The van der Waals surface area contributed by atoms with Crippen LogP contribution >= 0.6 is 7.92 Å². The van der Waals surface area contributed by atoms with Crippen LogP contribution in [0.2, 0.25) is 0 Å². The van der Waals surface area contributed by atoms with Gasteiger partial charge in [-0.3, -0.25) is 0 Å². The van der Waals surface area contributed by atoms with Gasteiger partial charge >= 0.3 is 0 Å². The lowest BCUT2D eigenvalue weighted by Gasteiger charge is -2.29. The molecule has 154 valence electrons. The Morgan fingerprint density at radius 2 is 1.90 bits per heavy atom. The quantitative estimate of drug-likeness (QED) is 0.293. The molecular weight excluding hydrogens is 395 g/mol. The molecule has 0 radical (unpaired) electrons. The molecule has 2 fully saturated rings. The van der Waals surface area contributed by atoms with Gasteiger partial charge in [0, 0.05) is 5.56 Å². The number of aromatic nitrogens is 2. The van der Waals surface area contributed by atoms with Crippen LogP contribution in [-0.4, -0.2) is 11.6 Å². The normalized spacial score (nSPS) is 26.0. The first kappa shape index (κ1) is 18.3. The molecule has 0 saturated heterocycles. The van der Waals surface area contributed by atoms with Crippen molar-refractivity contribution < 1.29 is 4.57 Å². The molecule has 1 aliphatic heterocycles. The summed E-state index contributed by atoms with van der Waals surface area (Å²) < 4.78 is 2.26. The first-order chi connectivity index (χ1) is 15.1. The Morgan fingerprint density at radius 3 is 2.71 bits per heavy atom. The highest BCUT2D eigenvalue weighted by atomic mass is 31.1. The number of rotatable bonds is 1. The highest BCUT2D eigenvalue weighted by Gasteiger charge is 2.41. The average Bonchev–Trinajstić information content (AvgIpc) is 3.42.